The van der Waals surface area contributed by atoms with E-state index in [0.717, 1.165) is 12.3 Å². The normalized spacial score (nSPS) is 16.6. The van der Waals surface area contributed by atoms with E-state index in [1.807, 2.05) is 11.8 Å². The topological polar surface area (TPSA) is 35.2 Å². The Balaban J connectivity index is 1.95. The summed E-state index contributed by atoms with van der Waals surface area (Å²) in [7, 11) is 0. The third-order valence-corrected chi connectivity index (χ3v) is 3.87. The summed E-state index contributed by atoms with van der Waals surface area (Å²) in [5.74, 6) is 8.34. The zero-order valence-corrected chi connectivity index (χ0v) is 8.93. The summed E-state index contributed by atoms with van der Waals surface area (Å²) in [6.07, 6.45) is 0.899. The number of hydrogen-bond donors (Lipinski definition) is 1. The van der Waals surface area contributed by atoms with Crippen molar-refractivity contribution in [1.82, 2.24) is 0 Å². The Morgan fingerprint density at radius 2 is 2.00 bits per heavy atom. The van der Waals surface area contributed by atoms with Crippen molar-refractivity contribution in [3.8, 4) is 0 Å². The molecule has 1 saturated heterocycles. The molecule has 0 aromatic heterocycles. The summed E-state index contributed by atoms with van der Waals surface area (Å²) in [4.78, 5) is 4.55. The van der Waals surface area contributed by atoms with Crippen LogP contribution in [0.5, 0.6) is 0 Å². The number of thioether (sulfide) groups is 1. The highest BCUT2D eigenvalue weighted by Crippen LogP contribution is 2.33. The predicted octanol–water partition coefficient (Wildman–Crippen LogP) is 1.95. The molecule has 2 nitrogen and oxygen atoms in total. The Kier molecular flexibility index (Phi) is 3.45. The van der Waals surface area contributed by atoms with Crippen molar-refractivity contribution in [1.29, 1.82) is 0 Å². The maximum atomic E-state index is 4.98. The second-order valence-corrected chi connectivity index (χ2v) is 4.67. The van der Waals surface area contributed by atoms with Crippen LogP contribution in [0, 0.1) is 0 Å². The summed E-state index contributed by atoms with van der Waals surface area (Å²) < 4.78 is 0. The molecule has 1 heterocycles. The first-order valence-corrected chi connectivity index (χ1v) is 6.04. The minimum absolute atomic E-state index is 0.596. The lowest BCUT2D eigenvalue weighted by Crippen LogP contribution is -2.15. The van der Waals surface area contributed by atoms with Crippen LogP contribution in [0.4, 0.5) is 0 Å². The molecule has 0 bridgehead atoms. The van der Waals surface area contributed by atoms with Gasteiger partial charge in [0.25, 0.3) is 0 Å². The maximum Gasteiger partial charge on any atom is 0.0719 e. The fourth-order valence-corrected chi connectivity index (χ4v) is 2.42. The predicted molar refractivity (Wildman–Crippen MR) is 60.4 cm³/mol. The van der Waals surface area contributed by atoms with E-state index >= 15 is 0 Å². The van der Waals surface area contributed by atoms with Crippen LogP contribution in [-0.2, 0) is 11.3 Å². The van der Waals surface area contributed by atoms with E-state index in [-0.39, 0.29) is 0 Å². The van der Waals surface area contributed by atoms with E-state index in [1.165, 1.54) is 22.6 Å². The minimum atomic E-state index is 0.596. The molecule has 1 aromatic rings. The summed E-state index contributed by atoms with van der Waals surface area (Å²) >= 11 is 2.02. The Labute approximate surface area is 88.8 Å². The highest BCUT2D eigenvalue weighted by molar-refractivity contribution is 8.00. The first-order valence-electron chi connectivity index (χ1n) is 4.88. The second kappa shape index (κ2) is 4.82. The van der Waals surface area contributed by atoms with E-state index in [0.29, 0.717) is 6.61 Å². The van der Waals surface area contributed by atoms with Crippen LogP contribution in [0.3, 0.4) is 0 Å². The molecule has 0 saturated carbocycles. The molecule has 1 aromatic carbocycles. The molecule has 1 aliphatic rings. The quantitative estimate of drug-likeness (QED) is 0.770. The minimum Gasteiger partial charge on any atom is -0.304 e. The van der Waals surface area contributed by atoms with Gasteiger partial charge in [0.15, 0.2) is 0 Å². The molecule has 0 aliphatic carbocycles. The van der Waals surface area contributed by atoms with Crippen LogP contribution in [0.2, 0.25) is 0 Å². The van der Waals surface area contributed by atoms with Crippen LogP contribution in [0.15, 0.2) is 24.3 Å². The molecule has 2 N–H and O–H groups in total. The van der Waals surface area contributed by atoms with Crippen molar-refractivity contribution < 1.29 is 4.84 Å². The Morgan fingerprint density at radius 3 is 2.50 bits per heavy atom. The molecule has 0 amide bonds. The van der Waals surface area contributed by atoms with Crippen molar-refractivity contribution >= 4 is 11.8 Å². The van der Waals surface area contributed by atoms with Gasteiger partial charge >= 0.3 is 0 Å². The highest BCUT2D eigenvalue weighted by atomic mass is 32.2. The molecular weight excluding hydrogens is 194 g/mol. The molecular formula is C11H15NOS. The van der Waals surface area contributed by atoms with Crippen molar-refractivity contribution in [2.75, 3.05) is 18.1 Å². The zero-order valence-electron chi connectivity index (χ0n) is 8.11. The van der Waals surface area contributed by atoms with Crippen LogP contribution >= 0.6 is 11.8 Å². The fraction of sp³-hybridized carbons (Fsp3) is 0.455. The van der Waals surface area contributed by atoms with Crippen molar-refractivity contribution in [3.05, 3.63) is 35.4 Å². The highest BCUT2D eigenvalue weighted by Gasteiger charge is 2.19. The number of nitrogens with two attached hydrogens (primary N) is 1. The van der Waals surface area contributed by atoms with Gasteiger partial charge in [-0.1, -0.05) is 24.3 Å². The third kappa shape index (κ3) is 2.29. The standard InChI is InChI=1S/C11H15NOS/c12-13-6-5-9-1-3-10(4-2-9)11-7-14-8-11/h1-4,11H,5-8,12H2. The second-order valence-electron chi connectivity index (χ2n) is 3.60. The van der Waals surface area contributed by atoms with Gasteiger partial charge in [-0.15, -0.1) is 0 Å². The van der Waals surface area contributed by atoms with Gasteiger partial charge in [-0.3, -0.25) is 0 Å². The van der Waals surface area contributed by atoms with Gasteiger partial charge in [0.1, 0.15) is 0 Å². The lowest BCUT2D eigenvalue weighted by atomic mass is 10.00. The van der Waals surface area contributed by atoms with E-state index in [4.69, 9.17) is 5.90 Å². The Hall–Kier alpha value is -0.510. The SMILES string of the molecule is NOCCc1ccc(C2CSC2)cc1. The summed E-state index contributed by atoms with van der Waals surface area (Å²) in [5, 5.41) is 0. The summed E-state index contributed by atoms with van der Waals surface area (Å²) in [6.45, 7) is 0.596. The first-order chi connectivity index (χ1) is 6.90. The van der Waals surface area contributed by atoms with Gasteiger partial charge in [0.05, 0.1) is 6.61 Å². The lowest BCUT2D eigenvalue weighted by Gasteiger charge is -2.25. The van der Waals surface area contributed by atoms with Gasteiger partial charge in [0.2, 0.25) is 0 Å². The van der Waals surface area contributed by atoms with Gasteiger partial charge < -0.3 is 4.84 Å². The molecule has 1 aliphatic heterocycles. The number of hydrogen-bond acceptors (Lipinski definition) is 3. The van der Waals surface area contributed by atoms with Crippen molar-refractivity contribution in [3.63, 3.8) is 0 Å². The fourth-order valence-electron chi connectivity index (χ4n) is 1.56. The van der Waals surface area contributed by atoms with E-state index < -0.39 is 0 Å². The van der Waals surface area contributed by atoms with Crippen molar-refractivity contribution in [2.45, 2.75) is 12.3 Å². The Morgan fingerprint density at radius 1 is 1.29 bits per heavy atom. The third-order valence-electron chi connectivity index (χ3n) is 2.60. The van der Waals surface area contributed by atoms with Crippen molar-refractivity contribution in [2.24, 2.45) is 5.90 Å². The van der Waals surface area contributed by atoms with E-state index in [2.05, 4.69) is 29.1 Å². The number of benzene rings is 1. The summed E-state index contributed by atoms with van der Waals surface area (Å²) in [6, 6.07) is 8.82. The first kappa shape index (κ1) is 10.0. The van der Waals surface area contributed by atoms with Gasteiger partial charge in [-0.2, -0.15) is 11.8 Å². The lowest BCUT2D eigenvalue weighted by molar-refractivity contribution is 0.141. The van der Waals surface area contributed by atoms with Gasteiger partial charge in [-0.25, -0.2) is 5.90 Å². The largest absolute Gasteiger partial charge is 0.304 e. The molecule has 0 atom stereocenters. The van der Waals surface area contributed by atoms with E-state index in [9.17, 15) is 0 Å². The molecule has 1 fully saturated rings. The molecule has 0 spiro atoms. The molecule has 0 unspecified atom stereocenters. The molecule has 14 heavy (non-hydrogen) atoms. The molecule has 76 valence electrons. The van der Waals surface area contributed by atoms with Crippen LogP contribution in [-0.4, -0.2) is 18.1 Å². The maximum absolute atomic E-state index is 4.98. The smallest absolute Gasteiger partial charge is 0.0719 e. The van der Waals surface area contributed by atoms with Crippen LogP contribution < -0.4 is 5.90 Å². The molecule has 2 rings (SSSR count). The molecule has 3 heteroatoms. The van der Waals surface area contributed by atoms with Crippen LogP contribution in [0.1, 0.15) is 17.0 Å². The van der Waals surface area contributed by atoms with E-state index in [1.54, 1.807) is 0 Å². The van der Waals surface area contributed by atoms with Gasteiger partial charge in [-0.05, 0) is 17.5 Å². The summed E-state index contributed by atoms with van der Waals surface area (Å²) in [5.41, 5.74) is 2.77. The monoisotopic (exact) mass is 209 g/mol. The average molecular weight is 209 g/mol. The Bertz CT molecular complexity index is 282. The average Bonchev–Trinajstić information content (AvgIpc) is 2.14. The van der Waals surface area contributed by atoms with Crippen LogP contribution in [0.25, 0.3) is 0 Å². The number of rotatable bonds is 4. The zero-order chi connectivity index (χ0) is 9.80. The van der Waals surface area contributed by atoms with Gasteiger partial charge in [0, 0.05) is 17.4 Å². The molecule has 0 radical (unpaired) electrons.